The lowest BCUT2D eigenvalue weighted by molar-refractivity contribution is 0.100. The first-order valence-electron chi connectivity index (χ1n) is 11.2. The number of hydrogen-bond donors (Lipinski definition) is 5. The number of aryl methyl sites for hydroxylation is 1. The summed E-state index contributed by atoms with van der Waals surface area (Å²) in [7, 11) is 1.79. The van der Waals surface area contributed by atoms with E-state index in [1.54, 1.807) is 84.9 Å². The SMILES string of the molecule is Cn1ncc2c(Nc3ccc(C(N)=O)cc3)nc(Nc3cccc(NC(=O)Nc4cccnc4)c3)nc21. The molecular weight excluding hydrogens is 472 g/mol. The summed E-state index contributed by atoms with van der Waals surface area (Å²) in [6, 6.07) is 17.0. The number of fused-ring (bicyclic) bond motifs is 1. The van der Waals surface area contributed by atoms with Gasteiger partial charge in [0.2, 0.25) is 11.9 Å². The molecule has 37 heavy (non-hydrogen) atoms. The molecule has 5 aromatic rings. The van der Waals surface area contributed by atoms with Crippen LogP contribution in [0.1, 0.15) is 10.4 Å². The molecule has 6 N–H and O–H groups in total. The second kappa shape index (κ2) is 10.00. The molecule has 0 aliphatic heterocycles. The van der Waals surface area contributed by atoms with Crippen molar-refractivity contribution in [1.29, 1.82) is 0 Å². The average Bonchev–Trinajstić information content (AvgIpc) is 3.26. The lowest BCUT2D eigenvalue weighted by Gasteiger charge is -2.12. The third-order valence-corrected chi connectivity index (χ3v) is 5.32. The Morgan fingerprint density at radius 2 is 1.59 bits per heavy atom. The van der Waals surface area contributed by atoms with Crippen LogP contribution in [0.3, 0.4) is 0 Å². The van der Waals surface area contributed by atoms with Crippen LogP contribution in [-0.2, 0) is 7.05 Å². The molecule has 3 amide bonds. The fraction of sp³-hybridized carbons (Fsp3) is 0.0400. The van der Waals surface area contributed by atoms with Crippen LogP contribution in [0.2, 0.25) is 0 Å². The molecule has 3 aromatic heterocycles. The molecule has 184 valence electrons. The van der Waals surface area contributed by atoms with Crippen LogP contribution in [-0.4, -0.2) is 36.7 Å². The van der Waals surface area contributed by atoms with Crippen LogP contribution in [0.4, 0.5) is 39.3 Å². The maximum absolute atomic E-state index is 12.3. The zero-order valence-corrected chi connectivity index (χ0v) is 19.6. The highest BCUT2D eigenvalue weighted by Crippen LogP contribution is 2.27. The third-order valence-electron chi connectivity index (χ3n) is 5.32. The van der Waals surface area contributed by atoms with Crippen molar-refractivity contribution in [3.63, 3.8) is 0 Å². The van der Waals surface area contributed by atoms with Gasteiger partial charge in [-0.3, -0.25) is 14.5 Å². The molecule has 12 heteroatoms. The molecule has 0 saturated heterocycles. The summed E-state index contributed by atoms with van der Waals surface area (Å²) in [6.07, 6.45) is 4.86. The van der Waals surface area contributed by atoms with E-state index in [1.165, 1.54) is 0 Å². The fourth-order valence-electron chi connectivity index (χ4n) is 3.56. The molecule has 3 heterocycles. The van der Waals surface area contributed by atoms with E-state index in [0.29, 0.717) is 45.7 Å². The highest BCUT2D eigenvalue weighted by atomic mass is 16.2. The third kappa shape index (κ3) is 5.43. The van der Waals surface area contributed by atoms with Gasteiger partial charge in [-0.25, -0.2) is 4.79 Å². The van der Waals surface area contributed by atoms with E-state index in [4.69, 9.17) is 5.73 Å². The smallest absolute Gasteiger partial charge is 0.323 e. The van der Waals surface area contributed by atoms with Gasteiger partial charge >= 0.3 is 6.03 Å². The number of nitrogens with two attached hydrogens (primary N) is 1. The van der Waals surface area contributed by atoms with Gasteiger partial charge in [-0.2, -0.15) is 15.1 Å². The van der Waals surface area contributed by atoms with E-state index in [1.807, 2.05) is 6.07 Å². The van der Waals surface area contributed by atoms with Gasteiger partial charge < -0.3 is 27.0 Å². The summed E-state index contributed by atoms with van der Waals surface area (Å²) in [5.41, 5.74) is 8.88. The van der Waals surface area contributed by atoms with Gasteiger partial charge in [0.25, 0.3) is 0 Å². The number of urea groups is 1. The predicted octanol–water partition coefficient (Wildman–Crippen LogP) is 3.99. The van der Waals surface area contributed by atoms with Crippen molar-refractivity contribution < 1.29 is 9.59 Å². The first kappa shape index (κ1) is 23.2. The largest absolute Gasteiger partial charge is 0.366 e. The molecular formula is C25H22N10O2. The topological polar surface area (TPSA) is 165 Å². The maximum atomic E-state index is 12.3. The summed E-state index contributed by atoms with van der Waals surface area (Å²) in [4.78, 5) is 36.9. The molecule has 0 atom stereocenters. The minimum absolute atomic E-state index is 0.323. The predicted molar refractivity (Wildman–Crippen MR) is 141 cm³/mol. The number of nitrogens with one attached hydrogen (secondary N) is 4. The number of hydrogen-bond acceptors (Lipinski definition) is 8. The van der Waals surface area contributed by atoms with E-state index >= 15 is 0 Å². The maximum Gasteiger partial charge on any atom is 0.323 e. The number of carbonyl (C=O) groups is 2. The molecule has 0 aliphatic rings. The summed E-state index contributed by atoms with van der Waals surface area (Å²) in [5, 5.41) is 16.9. The van der Waals surface area contributed by atoms with Crippen molar-refractivity contribution in [2.45, 2.75) is 0 Å². The minimum atomic E-state index is -0.499. The van der Waals surface area contributed by atoms with Gasteiger partial charge in [-0.05, 0) is 54.6 Å². The second-order valence-electron chi connectivity index (χ2n) is 7.99. The van der Waals surface area contributed by atoms with Crippen LogP contribution < -0.4 is 27.0 Å². The van der Waals surface area contributed by atoms with Crippen molar-refractivity contribution in [3.05, 3.63) is 84.8 Å². The number of anilines is 6. The van der Waals surface area contributed by atoms with Crippen molar-refractivity contribution in [2.75, 3.05) is 21.3 Å². The number of pyridine rings is 1. The second-order valence-corrected chi connectivity index (χ2v) is 7.99. The molecule has 0 saturated carbocycles. The lowest BCUT2D eigenvalue weighted by Crippen LogP contribution is -2.19. The molecule has 5 rings (SSSR count). The summed E-state index contributed by atoms with van der Waals surface area (Å²) < 4.78 is 1.64. The van der Waals surface area contributed by atoms with Gasteiger partial charge in [-0.15, -0.1) is 0 Å². The van der Waals surface area contributed by atoms with Gasteiger partial charge in [0.1, 0.15) is 5.82 Å². The Morgan fingerprint density at radius 1 is 0.838 bits per heavy atom. The number of rotatable bonds is 7. The number of nitrogens with zero attached hydrogens (tertiary/aromatic N) is 5. The van der Waals surface area contributed by atoms with E-state index in [-0.39, 0.29) is 0 Å². The molecule has 0 bridgehead atoms. The molecule has 0 unspecified atom stereocenters. The Labute approximate surface area is 211 Å². The fourth-order valence-corrected chi connectivity index (χ4v) is 3.56. The number of benzene rings is 2. The Kier molecular flexibility index (Phi) is 6.28. The van der Waals surface area contributed by atoms with Crippen LogP contribution in [0.25, 0.3) is 11.0 Å². The van der Waals surface area contributed by atoms with Crippen LogP contribution in [0.15, 0.2) is 79.3 Å². The Morgan fingerprint density at radius 3 is 2.35 bits per heavy atom. The number of carbonyl (C=O) groups excluding carboxylic acids is 2. The zero-order valence-electron chi connectivity index (χ0n) is 19.6. The van der Waals surface area contributed by atoms with Crippen LogP contribution in [0.5, 0.6) is 0 Å². The standard InChI is InChI=1S/C25H22N10O2/c1-35-23-20(14-28-35)22(29-16-9-7-15(8-10-16)21(26)36)33-24(34-23)30-17-4-2-5-18(12-17)31-25(37)32-19-6-3-11-27-13-19/h2-14H,1H3,(H2,26,36)(H2,31,32,37)(H2,29,30,33,34). The Hall–Kier alpha value is -5.52. The van der Waals surface area contributed by atoms with Gasteiger partial charge in [0.05, 0.1) is 23.5 Å². The van der Waals surface area contributed by atoms with Crippen molar-refractivity contribution in [3.8, 4) is 0 Å². The highest BCUT2D eigenvalue weighted by molar-refractivity contribution is 6.00. The van der Waals surface area contributed by atoms with Gasteiger partial charge in [0.15, 0.2) is 5.65 Å². The normalized spacial score (nSPS) is 10.6. The quantitative estimate of drug-likeness (QED) is 0.227. The van der Waals surface area contributed by atoms with Crippen LogP contribution >= 0.6 is 0 Å². The molecule has 0 fully saturated rings. The van der Waals surface area contributed by atoms with Crippen molar-refractivity contribution in [2.24, 2.45) is 12.8 Å². The molecule has 0 radical (unpaired) electrons. The number of primary amides is 1. The average molecular weight is 495 g/mol. The molecule has 2 aromatic carbocycles. The Bertz CT molecular complexity index is 1580. The number of aromatic nitrogens is 5. The van der Waals surface area contributed by atoms with Crippen molar-refractivity contribution in [1.82, 2.24) is 24.7 Å². The lowest BCUT2D eigenvalue weighted by atomic mass is 10.2. The zero-order chi connectivity index (χ0) is 25.8. The number of amides is 3. The van der Waals surface area contributed by atoms with E-state index < -0.39 is 11.9 Å². The van der Waals surface area contributed by atoms with Gasteiger partial charge in [-0.1, -0.05) is 6.07 Å². The summed E-state index contributed by atoms with van der Waals surface area (Å²) in [6.45, 7) is 0. The monoisotopic (exact) mass is 494 g/mol. The molecule has 12 nitrogen and oxygen atoms in total. The summed E-state index contributed by atoms with van der Waals surface area (Å²) >= 11 is 0. The van der Waals surface area contributed by atoms with Crippen LogP contribution in [0, 0.1) is 0 Å². The van der Waals surface area contributed by atoms with E-state index in [9.17, 15) is 9.59 Å². The minimum Gasteiger partial charge on any atom is -0.366 e. The van der Waals surface area contributed by atoms with E-state index in [0.717, 1.165) is 5.39 Å². The van der Waals surface area contributed by atoms with E-state index in [2.05, 4.69) is 41.3 Å². The molecule has 0 aliphatic carbocycles. The van der Waals surface area contributed by atoms with Crippen molar-refractivity contribution >= 4 is 57.5 Å². The summed E-state index contributed by atoms with van der Waals surface area (Å²) in [5.74, 6) is 0.350. The highest BCUT2D eigenvalue weighted by Gasteiger charge is 2.13. The first-order valence-corrected chi connectivity index (χ1v) is 11.2. The Balaban J connectivity index is 1.36. The molecule has 0 spiro atoms. The van der Waals surface area contributed by atoms with Gasteiger partial charge in [0, 0.05) is 35.9 Å². The first-order chi connectivity index (χ1) is 17.9.